The molecule has 0 bridgehead atoms. The highest BCUT2D eigenvalue weighted by atomic mass is 16.4. The van der Waals surface area contributed by atoms with Crippen LogP contribution in [0.4, 0.5) is 5.69 Å². The normalized spacial score (nSPS) is 21.9. The molecule has 2 saturated heterocycles. The average Bonchev–Trinajstić information content (AvgIpc) is 3.08. The number of aliphatic carboxylic acids is 1. The van der Waals surface area contributed by atoms with Gasteiger partial charge in [0.15, 0.2) is 0 Å². The second-order valence-corrected chi connectivity index (χ2v) is 8.38. The lowest BCUT2D eigenvalue weighted by Gasteiger charge is -2.37. The van der Waals surface area contributed by atoms with Crippen LogP contribution in [0.3, 0.4) is 0 Å². The molecule has 29 heavy (non-hydrogen) atoms. The first kappa shape index (κ1) is 21.1. The maximum absolute atomic E-state index is 12.8. The van der Waals surface area contributed by atoms with Crippen molar-refractivity contribution < 1.29 is 19.5 Å². The van der Waals surface area contributed by atoms with E-state index < -0.39 is 11.5 Å². The predicted octanol–water partition coefficient (Wildman–Crippen LogP) is 2.25. The summed E-state index contributed by atoms with van der Waals surface area (Å²) in [6.45, 7) is 7.17. The molecular formula is C22H31N3O4. The molecule has 2 amide bonds. The van der Waals surface area contributed by atoms with Crippen LogP contribution in [-0.4, -0.2) is 59.5 Å². The van der Waals surface area contributed by atoms with E-state index in [2.05, 4.69) is 42.3 Å². The molecule has 7 heteroatoms. The van der Waals surface area contributed by atoms with E-state index in [9.17, 15) is 14.4 Å². The van der Waals surface area contributed by atoms with E-state index in [0.29, 0.717) is 45.2 Å². The zero-order valence-corrected chi connectivity index (χ0v) is 17.4. The van der Waals surface area contributed by atoms with Crippen molar-refractivity contribution in [1.82, 2.24) is 10.2 Å². The first-order valence-electron chi connectivity index (χ1n) is 10.4. The summed E-state index contributed by atoms with van der Waals surface area (Å²) in [6.07, 6.45) is 2.23. The minimum Gasteiger partial charge on any atom is -0.481 e. The number of amides is 2. The fraction of sp³-hybridized carbons (Fsp3) is 0.591. The van der Waals surface area contributed by atoms with Crippen molar-refractivity contribution >= 4 is 23.5 Å². The van der Waals surface area contributed by atoms with Crippen LogP contribution >= 0.6 is 0 Å². The average molecular weight is 402 g/mol. The van der Waals surface area contributed by atoms with Gasteiger partial charge in [0.2, 0.25) is 11.8 Å². The van der Waals surface area contributed by atoms with Gasteiger partial charge in [-0.3, -0.25) is 14.4 Å². The van der Waals surface area contributed by atoms with Gasteiger partial charge in [-0.2, -0.15) is 0 Å². The molecule has 2 aliphatic rings. The molecule has 1 aromatic carbocycles. The minimum atomic E-state index is -0.876. The molecule has 0 radical (unpaired) electrons. The Hall–Kier alpha value is -2.57. The summed E-state index contributed by atoms with van der Waals surface area (Å²) in [5.41, 5.74) is 3.16. The van der Waals surface area contributed by atoms with Crippen molar-refractivity contribution in [3.8, 4) is 0 Å². The molecule has 1 atom stereocenters. The molecule has 2 aliphatic heterocycles. The lowest BCUT2D eigenvalue weighted by atomic mass is 9.86. The highest BCUT2D eigenvalue weighted by molar-refractivity contribution is 5.80. The molecule has 7 nitrogen and oxygen atoms in total. The van der Waals surface area contributed by atoms with Gasteiger partial charge in [0.25, 0.3) is 0 Å². The van der Waals surface area contributed by atoms with Gasteiger partial charge >= 0.3 is 5.97 Å². The summed E-state index contributed by atoms with van der Waals surface area (Å²) in [5.74, 6) is -0.842. The maximum atomic E-state index is 12.8. The second-order valence-electron chi connectivity index (χ2n) is 8.38. The number of nitrogens with one attached hydrogen (secondary N) is 1. The Balaban J connectivity index is 1.53. The number of anilines is 1. The summed E-state index contributed by atoms with van der Waals surface area (Å²) in [5, 5.41) is 11.9. The van der Waals surface area contributed by atoms with Crippen LogP contribution in [0.2, 0.25) is 0 Å². The van der Waals surface area contributed by atoms with Crippen LogP contribution in [0.5, 0.6) is 0 Å². The van der Waals surface area contributed by atoms with Crippen molar-refractivity contribution in [3.05, 3.63) is 29.3 Å². The maximum Gasteiger partial charge on any atom is 0.303 e. The van der Waals surface area contributed by atoms with Crippen LogP contribution in [-0.2, 0) is 14.4 Å². The van der Waals surface area contributed by atoms with Gasteiger partial charge in [0.1, 0.15) is 0 Å². The first-order chi connectivity index (χ1) is 13.8. The molecule has 2 N–H and O–H groups in total. The number of piperazine rings is 1. The summed E-state index contributed by atoms with van der Waals surface area (Å²) < 4.78 is 0. The van der Waals surface area contributed by atoms with E-state index >= 15 is 0 Å². The number of hydrogen-bond donors (Lipinski definition) is 2. The molecule has 0 aromatic heterocycles. The zero-order valence-electron chi connectivity index (χ0n) is 17.4. The van der Waals surface area contributed by atoms with Crippen LogP contribution in [0.15, 0.2) is 18.2 Å². The van der Waals surface area contributed by atoms with Crippen molar-refractivity contribution in [2.45, 2.75) is 57.9 Å². The SMILES string of the molecule is Cc1ccc(C)c(N2CCN(C(=O)CCC3(CCC(=O)O)CCC(=O)N3)CC2)c1. The van der Waals surface area contributed by atoms with Crippen molar-refractivity contribution in [1.29, 1.82) is 0 Å². The second kappa shape index (κ2) is 8.84. The largest absolute Gasteiger partial charge is 0.481 e. The third kappa shape index (κ3) is 5.28. The Labute approximate surface area is 172 Å². The summed E-state index contributed by atoms with van der Waals surface area (Å²) in [6, 6.07) is 6.44. The number of benzene rings is 1. The molecular weight excluding hydrogens is 370 g/mol. The van der Waals surface area contributed by atoms with Gasteiger partial charge in [-0.25, -0.2) is 0 Å². The Morgan fingerprint density at radius 1 is 1.10 bits per heavy atom. The van der Waals surface area contributed by atoms with Crippen molar-refractivity contribution in [3.63, 3.8) is 0 Å². The Morgan fingerprint density at radius 3 is 2.41 bits per heavy atom. The smallest absolute Gasteiger partial charge is 0.303 e. The molecule has 1 unspecified atom stereocenters. The molecule has 1 aromatic rings. The van der Waals surface area contributed by atoms with Crippen LogP contribution < -0.4 is 10.2 Å². The van der Waals surface area contributed by atoms with Gasteiger partial charge in [-0.1, -0.05) is 12.1 Å². The van der Waals surface area contributed by atoms with E-state index in [1.807, 2.05) is 4.90 Å². The monoisotopic (exact) mass is 401 g/mol. The minimum absolute atomic E-state index is 0.00296. The van der Waals surface area contributed by atoms with Crippen LogP contribution in [0, 0.1) is 13.8 Å². The number of carbonyl (C=O) groups excluding carboxylic acids is 2. The predicted molar refractivity (Wildman–Crippen MR) is 111 cm³/mol. The van der Waals surface area contributed by atoms with Crippen LogP contribution in [0.1, 0.15) is 49.7 Å². The number of carbonyl (C=O) groups is 3. The Bertz CT molecular complexity index is 786. The molecule has 2 heterocycles. The number of carboxylic acids is 1. The lowest BCUT2D eigenvalue weighted by Crippen LogP contribution is -2.50. The fourth-order valence-corrected chi connectivity index (χ4v) is 4.38. The highest BCUT2D eigenvalue weighted by Crippen LogP contribution is 2.31. The van der Waals surface area contributed by atoms with Gasteiger partial charge in [-0.15, -0.1) is 0 Å². The molecule has 3 rings (SSSR count). The van der Waals surface area contributed by atoms with Crippen molar-refractivity contribution in [2.75, 3.05) is 31.1 Å². The lowest BCUT2D eigenvalue weighted by molar-refractivity contribution is -0.137. The number of nitrogens with zero attached hydrogens (tertiary/aromatic N) is 2. The third-order valence-electron chi connectivity index (χ3n) is 6.21. The topological polar surface area (TPSA) is 90.0 Å². The Kier molecular flexibility index (Phi) is 6.45. The number of aryl methyl sites for hydroxylation is 2. The molecule has 0 aliphatic carbocycles. The van der Waals surface area contributed by atoms with Gasteiger partial charge in [-0.05, 0) is 50.3 Å². The standard InChI is InChI=1S/C22H31N3O4/c1-16-3-4-17(2)18(15-16)24-11-13-25(14-12-24)20(27)6-9-22(10-7-21(28)29)8-5-19(26)23-22/h3-4,15H,5-14H2,1-2H3,(H,23,26)(H,28,29). The molecule has 0 saturated carbocycles. The highest BCUT2D eigenvalue weighted by Gasteiger charge is 2.38. The Morgan fingerprint density at radius 2 is 1.79 bits per heavy atom. The number of carboxylic acid groups (broad SMARTS) is 1. The quantitative estimate of drug-likeness (QED) is 0.731. The van der Waals surface area contributed by atoms with Gasteiger partial charge < -0.3 is 20.2 Å². The van der Waals surface area contributed by atoms with E-state index in [4.69, 9.17) is 5.11 Å². The summed E-state index contributed by atoms with van der Waals surface area (Å²) in [4.78, 5) is 39.7. The molecule has 0 spiro atoms. The van der Waals surface area contributed by atoms with Gasteiger partial charge in [0.05, 0.1) is 0 Å². The third-order valence-corrected chi connectivity index (χ3v) is 6.21. The molecule has 2 fully saturated rings. The summed E-state index contributed by atoms with van der Waals surface area (Å²) >= 11 is 0. The van der Waals surface area contributed by atoms with E-state index in [-0.39, 0.29) is 18.2 Å². The van der Waals surface area contributed by atoms with E-state index in [1.54, 1.807) is 0 Å². The van der Waals surface area contributed by atoms with E-state index in [1.165, 1.54) is 16.8 Å². The number of hydrogen-bond acceptors (Lipinski definition) is 4. The number of rotatable bonds is 7. The first-order valence-corrected chi connectivity index (χ1v) is 10.4. The van der Waals surface area contributed by atoms with Gasteiger partial charge in [0, 0.05) is 56.7 Å². The van der Waals surface area contributed by atoms with E-state index in [0.717, 1.165) is 13.1 Å². The fourth-order valence-electron chi connectivity index (χ4n) is 4.38. The van der Waals surface area contributed by atoms with Crippen molar-refractivity contribution in [2.24, 2.45) is 0 Å². The summed E-state index contributed by atoms with van der Waals surface area (Å²) in [7, 11) is 0. The zero-order chi connectivity index (χ0) is 21.0. The molecule has 158 valence electrons. The van der Waals surface area contributed by atoms with Crippen LogP contribution in [0.25, 0.3) is 0 Å².